The van der Waals surface area contributed by atoms with E-state index in [-0.39, 0.29) is 24.5 Å². The summed E-state index contributed by atoms with van der Waals surface area (Å²) >= 11 is 0. The molecule has 0 radical (unpaired) electrons. The van der Waals surface area contributed by atoms with Crippen LogP contribution in [0.15, 0.2) is 42.6 Å². The zero-order valence-corrected chi connectivity index (χ0v) is 17.9. The zero-order chi connectivity index (χ0) is 23.4. The predicted molar refractivity (Wildman–Crippen MR) is 119 cm³/mol. The molecule has 0 spiro atoms. The summed E-state index contributed by atoms with van der Waals surface area (Å²) in [5.74, 6) is -2.72. The van der Waals surface area contributed by atoms with Gasteiger partial charge in [-0.3, -0.25) is 9.69 Å². The van der Waals surface area contributed by atoms with Crippen molar-refractivity contribution in [3.63, 3.8) is 0 Å². The van der Waals surface area contributed by atoms with Crippen molar-refractivity contribution in [1.82, 2.24) is 15.2 Å². The molecule has 2 aliphatic rings. The van der Waals surface area contributed by atoms with E-state index in [9.17, 15) is 14.4 Å². The highest BCUT2D eigenvalue weighted by Gasteiger charge is 2.35. The third kappa shape index (κ3) is 5.06. The van der Waals surface area contributed by atoms with Gasteiger partial charge in [-0.2, -0.15) is 0 Å². The Balaban J connectivity index is 0.000000312. The van der Waals surface area contributed by atoms with Gasteiger partial charge in [-0.05, 0) is 43.2 Å². The quantitative estimate of drug-likeness (QED) is 0.439. The zero-order valence-electron chi connectivity index (χ0n) is 17.9. The van der Waals surface area contributed by atoms with Crippen molar-refractivity contribution >= 4 is 34.3 Å². The molecule has 1 aromatic carbocycles. The maximum Gasteiger partial charge on any atom is 0.328 e. The third-order valence-corrected chi connectivity index (χ3v) is 5.64. The van der Waals surface area contributed by atoms with E-state index in [1.54, 1.807) is 0 Å². The molecule has 1 aliphatic carbocycles. The topological polar surface area (TPSA) is 143 Å². The van der Waals surface area contributed by atoms with Crippen LogP contribution in [-0.2, 0) is 20.8 Å². The van der Waals surface area contributed by atoms with Gasteiger partial charge < -0.3 is 25.6 Å². The van der Waals surface area contributed by atoms with E-state index in [4.69, 9.17) is 15.3 Å². The average molecular weight is 441 g/mol. The number of carboxylic acids is 2. The molecule has 2 heterocycles. The number of aliphatic carboxylic acids is 2. The Hall–Kier alpha value is -3.43. The number of carboxylic acid groups (broad SMARTS) is 2. The van der Waals surface area contributed by atoms with E-state index >= 15 is 0 Å². The van der Waals surface area contributed by atoms with E-state index in [0.717, 1.165) is 11.9 Å². The highest BCUT2D eigenvalue weighted by Crippen LogP contribution is 2.40. The van der Waals surface area contributed by atoms with Crippen molar-refractivity contribution in [3.05, 3.63) is 53.8 Å². The Morgan fingerprint density at radius 1 is 1.25 bits per heavy atom. The first-order valence-electron chi connectivity index (χ1n) is 10.3. The van der Waals surface area contributed by atoms with Gasteiger partial charge in [0, 0.05) is 47.9 Å². The minimum absolute atomic E-state index is 0.0126. The standard InChI is InChI=1S/C19H23N3O2.C4H4O4/c1-11(10-23)21-19(24)13-6-15-14-4-3-5-16-18(14)12(8-20-16)7-17(15)22(2)9-13;5-3(6)1-2-4(7)8/h3-6,8,11,13,17,20,23H,7,9-10H2,1-2H3,(H,21,24);1-2H,(H,5,6)(H,7,8)/b;2-1-/t11-,13-,17-;/m1./s1. The van der Waals surface area contributed by atoms with Gasteiger partial charge >= 0.3 is 11.9 Å². The van der Waals surface area contributed by atoms with Gasteiger partial charge in [0.25, 0.3) is 0 Å². The van der Waals surface area contributed by atoms with Crippen molar-refractivity contribution in [2.75, 3.05) is 20.2 Å². The Bertz CT molecular complexity index is 1070. The predicted octanol–water partition coefficient (Wildman–Crippen LogP) is 1.25. The van der Waals surface area contributed by atoms with Crippen LogP contribution < -0.4 is 5.32 Å². The summed E-state index contributed by atoms with van der Waals surface area (Å²) < 4.78 is 0. The van der Waals surface area contributed by atoms with Crippen LogP contribution in [0.25, 0.3) is 16.5 Å². The minimum atomic E-state index is -1.26. The van der Waals surface area contributed by atoms with Gasteiger partial charge in [-0.25, -0.2) is 9.59 Å². The third-order valence-electron chi connectivity index (χ3n) is 5.64. The van der Waals surface area contributed by atoms with E-state index in [1.807, 2.05) is 6.92 Å². The fourth-order valence-electron chi connectivity index (χ4n) is 4.15. The molecular weight excluding hydrogens is 414 g/mol. The lowest BCUT2D eigenvalue weighted by Crippen LogP contribution is -2.48. The van der Waals surface area contributed by atoms with Crippen LogP contribution in [0.3, 0.4) is 0 Å². The van der Waals surface area contributed by atoms with Crippen LogP contribution >= 0.6 is 0 Å². The molecule has 0 unspecified atom stereocenters. The monoisotopic (exact) mass is 441 g/mol. The number of hydrogen-bond acceptors (Lipinski definition) is 5. The SMILES string of the molecule is C[C@H](CO)NC(=O)[C@@H]1C=C2c3cccc4[nH]cc(c34)C[C@H]2N(C)C1.O=C(O)/C=C\C(=O)O. The normalized spacial score (nSPS) is 20.7. The van der Waals surface area contributed by atoms with Crippen molar-refractivity contribution < 1.29 is 29.7 Å². The van der Waals surface area contributed by atoms with Gasteiger partial charge in [-0.15, -0.1) is 0 Å². The second-order valence-electron chi connectivity index (χ2n) is 8.03. The lowest BCUT2D eigenvalue weighted by atomic mass is 9.80. The number of amides is 1. The summed E-state index contributed by atoms with van der Waals surface area (Å²) in [4.78, 5) is 37.3. The summed E-state index contributed by atoms with van der Waals surface area (Å²) in [6, 6.07) is 6.42. The number of aromatic nitrogens is 1. The highest BCUT2D eigenvalue weighted by atomic mass is 16.4. The maximum absolute atomic E-state index is 12.5. The number of aromatic amines is 1. The number of likely N-dealkylation sites (N-methyl/N-ethyl adjacent to an activating group) is 1. The Kier molecular flexibility index (Phi) is 7.12. The molecule has 1 amide bonds. The molecule has 170 valence electrons. The lowest BCUT2D eigenvalue weighted by Gasteiger charge is -2.39. The van der Waals surface area contributed by atoms with E-state index < -0.39 is 11.9 Å². The molecule has 1 aliphatic heterocycles. The number of hydrogen-bond donors (Lipinski definition) is 5. The number of rotatable bonds is 5. The smallest absolute Gasteiger partial charge is 0.328 e. The molecule has 0 fully saturated rings. The minimum Gasteiger partial charge on any atom is -0.478 e. The van der Waals surface area contributed by atoms with E-state index in [1.165, 1.54) is 22.1 Å². The highest BCUT2D eigenvalue weighted by molar-refractivity contribution is 5.99. The molecule has 1 aromatic heterocycles. The number of aliphatic hydroxyl groups excluding tert-OH is 1. The molecule has 0 saturated carbocycles. The summed E-state index contributed by atoms with van der Waals surface area (Å²) in [6.45, 7) is 2.47. The molecule has 9 heteroatoms. The molecule has 9 nitrogen and oxygen atoms in total. The molecule has 2 aromatic rings. The second-order valence-corrected chi connectivity index (χ2v) is 8.03. The van der Waals surface area contributed by atoms with Crippen LogP contribution in [-0.4, -0.2) is 75.3 Å². The maximum atomic E-state index is 12.5. The number of nitrogens with zero attached hydrogens (tertiary/aromatic N) is 1. The van der Waals surface area contributed by atoms with Gasteiger partial charge in [0.15, 0.2) is 0 Å². The molecule has 5 N–H and O–H groups in total. The fourth-order valence-corrected chi connectivity index (χ4v) is 4.15. The Morgan fingerprint density at radius 2 is 1.94 bits per heavy atom. The van der Waals surface area contributed by atoms with Crippen LogP contribution in [0.1, 0.15) is 18.1 Å². The number of fused-ring (bicyclic) bond motifs is 2. The van der Waals surface area contributed by atoms with Gasteiger partial charge in [-0.1, -0.05) is 18.2 Å². The first kappa shape index (κ1) is 23.2. The van der Waals surface area contributed by atoms with Crippen molar-refractivity contribution in [2.45, 2.75) is 25.4 Å². The molecule has 3 atom stereocenters. The molecule has 0 saturated heterocycles. The Morgan fingerprint density at radius 3 is 2.56 bits per heavy atom. The van der Waals surface area contributed by atoms with Crippen LogP contribution in [0, 0.1) is 5.92 Å². The largest absolute Gasteiger partial charge is 0.478 e. The van der Waals surface area contributed by atoms with Crippen molar-refractivity contribution in [1.29, 1.82) is 0 Å². The summed E-state index contributed by atoms with van der Waals surface area (Å²) in [6.07, 6.45) is 6.33. The number of H-pyrrole nitrogens is 1. The van der Waals surface area contributed by atoms with E-state index in [2.05, 4.69) is 52.7 Å². The van der Waals surface area contributed by atoms with Crippen LogP contribution in [0.5, 0.6) is 0 Å². The number of carbonyl (C=O) groups excluding carboxylic acids is 1. The second kappa shape index (κ2) is 9.80. The molecule has 0 bridgehead atoms. The fraction of sp³-hybridized carbons (Fsp3) is 0.348. The van der Waals surface area contributed by atoms with Crippen LogP contribution in [0.2, 0.25) is 0 Å². The molecule has 32 heavy (non-hydrogen) atoms. The average Bonchev–Trinajstić information content (AvgIpc) is 3.17. The lowest BCUT2D eigenvalue weighted by molar-refractivity contribution is -0.134. The van der Waals surface area contributed by atoms with Crippen LogP contribution in [0.4, 0.5) is 0 Å². The summed E-state index contributed by atoms with van der Waals surface area (Å²) in [5.41, 5.74) is 4.99. The summed E-state index contributed by atoms with van der Waals surface area (Å²) in [5, 5.41) is 29.0. The van der Waals surface area contributed by atoms with Gasteiger partial charge in [0.1, 0.15) is 0 Å². The van der Waals surface area contributed by atoms with E-state index in [0.29, 0.717) is 24.7 Å². The number of aliphatic hydroxyl groups is 1. The van der Waals surface area contributed by atoms with Gasteiger partial charge in [0.05, 0.1) is 12.5 Å². The first-order valence-corrected chi connectivity index (χ1v) is 10.3. The van der Waals surface area contributed by atoms with Crippen molar-refractivity contribution in [3.8, 4) is 0 Å². The number of carbonyl (C=O) groups is 3. The summed E-state index contributed by atoms with van der Waals surface area (Å²) in [7, 11) is 2.09. The number of benzene rings is 1. The first-order chi connectivity index (χ1) is 15.2. The molecule has 4 rings (SSSR count). The van der Waals surface area contributed by atoms with Crippen molar-refractivity contribution in [2.24, 2.45) is 5.92 Å². The van der Waals surface area contributed by atoms with Gasteiger partial charge in [0.2, 0.25) is 5.91 Å². The number of nitrogens with one attached hydrogen (secondary N) is 2. The Labute approximate surface area is 185 Å². The molecular formula is C23H27N3O6.